The number of ether oxygens (including phenoxy) is 1. The van der Waals surface area contributed by atoms with E-state index in [0.29, 0.717) is 4.77 Å². The molecule has 1 N–H and O–H groups in total. The first-order chi connectivity index (χ1) is 9.66. The van der Waals surface area contributed by atoms with Gasteiger partial charge in [-0.15, -0.1) is 0 Å². The van der Waals surface area contributed by atoms with Gasteiger partial charge in [0.15, 0.2) is 4.77 Å². The number of hydrogen-bond acceptors (Lipinski definition) is 2. The Morgan fingerprint density at radius 2 is 1.80 bits per heavy atom. The molecule has 2 aromatic carbocycles. The van der Waals surface area contributed by atoms with Gasteiger partial charge in [0, 0.05) is 5.69 Å². The third-order valence-corrected chi connectivity index (χ3v) is 3.34. The van der Waals surface area contributed by atoms with E-state index in [9.17, 15) is 0 Å². The topological polar surface area (TPSA) is 29.9 Å². The first-order valence-corrected chi connectivity index (χ1v) is 7.03. The molecule has 3 aromatic rings. The summed E-state index contributed by atoms with van der Waals surface area (Å²) in [5, 5.41) is 0. The van der Waals surface area contributed by atoms with Crippen molar-refractivity contribution >= 4 is 23.3 Å². The van der Waals surface area contributed by atoms with Gasteiger partial charge in [0.05, 0.1) is 11.6 Å². The summed E-state index contributed by atoms with van der Waals surface area (Å²) in [4.78, 5) is 3.25. The molecule has 102 valence electrons. The molecule has 3 nitrogen and oxygen atoms in total. The van der Waals surface area contributed by atoms with E-state index in [0.717, 1.165) is 22.5 Å². The van der Waals surface area contributed by atoms with Gasteiger partial charge in [0.25, 0.3) is 0 Å². The molecule has 0 aliphatic rings. The Bertz CT molecular complexity index is 787. The van der Waals surface area contributed by atoms with Gasteiger partial charge in [-0.05, 0) is 50.3 Å². The average molecular weight is 284 g/mol. The molecule has 4 heteroatoms. The van der Waals surface area contributed by atoms with Gasteiger partial charge in [-0.2, -0.15) is 0 Å². The number of nitrogens with one attached hydrogen (secondary N) is 1. The zero-order valence-electron chi connectivity index (χ0n) is 11.5. The molecule has 3 rings (SSSR count). The summed E-state index contributed by atoms with van der Waals surface area (Å²) in [6, 6.07) is 16.1. The van der Waals surface area contributed by atoms with Gasteiger partial charge in [-0.1, -0.05) is 24.3 Å². The third-order valence-electron chi connectivity index (χ3n) is 3.06. The molecule has 0 amide bonds. The van der Waals surface area contributed by atoms with Crippen LogP contribution in [-0.4, -0.2) is 15.7 Å². The summed E-state index contributed by atoms with van der Waals surface area (Å²) in [6.07, 6.45) is 0.127. The number of aromatic nitrogens is 2. The molecular formula is C16H16N2OS. The van der Waals surface area contributed by atoms with Crippen molar-refractivity contribution in [2.75, 3.05) is 0 Å². The van der Waals surface area contributed by atoms with Gasteiger partial charge in [0.2, 0.25) is 0 Å². The second-order valence-electron chi connectivity index (χ2n) is 4.92. The largest absolute Gasteiger partial charge is 0.489 e. The number of H-pyrrole nitrogens is 1. The minimum absolute atomic E-state index is 0.127. The molecule has 0 unspecified atom stereocenters. The first-order valence-electron chi connectivity index (χ1n) is 6.62. The van der Waals surface area contributed by atoms with Gasteiger partial charge >= 0.3 is 0 Å². The monoisotopic (exact) mass is 284 g/mol. The van der Waals surface area contributed by atoms with E-state index in [-0.39, 0.29) is 6.10 Å². The van der Waals surface area contributed by atoms with Gasteiger partial charge < -0.3 is 9.72 Å². The molecule has 0 fully saturated rings. The smallest absolute Gasteiger partial charge is 0.182 e. The predicted octanol–water partition coefficient (Wildman–Crippen LogP) is 4.48. The highest BCUT2D eigenvalue weighted by molar-refractivity contribution is 7.71. The van der Waals surface area contributed by atoms with Crippen LogP contribution in [0.5, 0.6) is 5.75 Å². The van der Waals surface area contributed by atoms with Crippen LogP contribution in [0.15, 0.2) is 48.5 Å². The summed E-state index contributed by atoms with van der Waals surface area (Å²) in [5.74, 6) is 0.832. The standard InChI is InChI=1S/C16H16N2OS/c1-11(2)19-14-10-6-9-13-15(14)17-16(20)18(13)12-7-4-3-5-8-12/h3-11H,1-2H3,(H,17,20). The highest BCUT2D eigenvalue weighted by Gasteiger charge is 2.11. The molecule has 0 aliphatic heterocycles. The summed E-state index contributed by atoms with van der Waals surface area (Å²) >= 11 is 5.46. The summed E-state index contributed by atoms with van der Waals surface area (Å²) < 4.78 is 8.54. The lowest BCUT2D eigenvalue weighted by molar-refractivity contribution is 0.245. The number of hydrogen-bond donors (Lipinski definition) is 1. The van der Waals surface area contributed by atoms with Crippen LogP contribution in [0.2, 0.25) is 0 Å². The lowest BCUT2D eigenvalue weighted by Gasteiger charge is -2.10. The number of para-hydroxylation sites is 2. The maximum Gasteiger partial charge on any atom is 0.182 e. The van der Waals surface area contributed by atoms with Crippen LogP contribution >= 0.6 is 12.2 Å². The van der Waals surface area contributed by atoms with Crippen molar-refractivity contribution in [3.63, 3.8) is 0 Å². The van der Waals surface area contributed by atoms with Crippen molar-refractivity contribution in [1.29, 1.82) is 0 Å². The Balaban J connectivity index is 2.25. The molecule has 20 heavy (non-hydrogen) atoms. The normalized spacial score (nSPS) is 11.2. The van der Waals surface area contributed by atoms with Crippen LogP contribution in [0.25, 0.3) is 16.7 Å². The van der Waals surface area contributed by atoms with Crippen LogP contribution < -0.4 is 4.74 Å². The summed E-state index contributed by atoms with van der Waals surface area (Å²) in [7, 11) is 0. The van der Waals surface area contributed by atoms with Crippen molar-refractivity contribution < 1.29 is 4.74 Å². The van der Waals surface area contributed by atoms with E-state index in [1.165, 1.54) is 0 Å². The fourth-order valence-electron chi connectivity index (χ4n) is 2.29. The minimum atomic E-state index is 0.127. The molecule has 0 atom stereocenters. The van der Waals surface area contributed by atoms with Gasteiger partial charge in [-0.3, -0.25) is 4.57 Å². The summed E-state index contributed by atoms with van der Waals surface area (Å²) in [5.41, 5.74) is 3.01. The average Bonchev–Trinajstić information content (AvgIpc) is 2.76. The second-order valence-corrected chi connectivity index (χ2v) is 5.30. The molecule has 0 saturated heterocycles. The number of fused-ring (bicyclic) bond motifs is 1. The van der Waals surface area contributed by atoms with E-state index in [1.807, 2.05) is 66.9 Å². The van der Waals surface area contributed by atoms with E-state index in [4.69, 9.17) is 17.0 Å². The van der Waals surface area contributed by atoms with Crippen molar-refractivity contribution in [3.8, 4) is 11.4 Å². The highest BCUT2D eigenvalue weighted by atomic mass is 32.1. The molecule has 0 saturated carbocycles. The predicted molar refractivity (Wildman–Crippen MR) is 84.2 cm³/mol. The van der Waals surface area contributed by atoms with Crippen LogP contribution in [0, 0.1) is 4.77 Å². The number of rotatable bonds is 3. The number of benzene rings is 2. The van der Waals surface area contributed by atoms with E-state index >= 15 is 0 Å². The van der Waals surface area contributed by atoms with E-state index < -0.39 is 0 Å². The Labute approximate surface area is 122 Å². The van der Waals surface area contributed by atoms with Crippen LogP contribution in [-0.2, 0) is 0 Å². The maximum absolute atomic E-state index is 5.84. The molecule has 0 spiro atoms. The minimum Gasteiger partial charge on any atom is -0.489 e. The van der Waals surface area contributed by atoms with Gasteiger partial charge in [-0.25, -0.2) is 0 Å². The van der Waals surface area contributed by atoms with Crippen LogP contribution in [0.1, 0.15) is 13.8 Å². The van der Waals surface area contributed by atoms with E-state index in [1.54, 1.807) is 0 Å². The molecule has 0 radical (unpaired) electrons. The fourth-order valence-corrected chi connectivity index (χ4v) is 2.60. The van der Waals surface area contributed by atoms with Gasteiger partial charge in [0.1, 0.15) is 11.3 Å². The molecule has 1 heterocycles. The lowest BCUT2D eigenvalue weighted by atomic mass is 10.2. The zero-order chi connectivity index (χ0) is 14.1. The van der Waals surface area contributed by atoms with Crippen molar-refractivity contribution in [3.05, 3.63) is 53.3 Å². The number of imidazole rings is 1. The Kier molecular flexibility index (Phi) is 3.32. The molecular weight excluding hydrogens is 268 g/mol. The summed E-state index contributed by atoms with van der Waals surface area (Å²) in [6.45, 7) is 4.03. The Morgan fingerprint density at radius 1 is 1.05 bits per heavy atom. The maximum atomic E-state index is 5.84. The number of aromatic amines is 1. The Hall–Kier alpha value is -2.07. The Morgan fingerprint density at radius 3 is 2.50 bits per heavy atom. The fraction of sp³-hybridized carbons (Fsp3) is 0.188. The molecule has 0 aliphatic carbocycles. The first kappa shape index (κ1) is 12.9. The second kappa shape index (κ2) is 5.13. The van der Waals surface area contributed by atoms with Crippen LogP contribution in [0.3, 0.4) is 0 Å². The molecule has 1 aromatic heterocycles. The number of nitrogens with zero attached hydrogens (tertiary/aromatic N) is 1. The third kappa shape index (κ3) is 2.23. The van der Waals surface area contributed by atoms with Crippen molar-refractivity contribution in [2.45, 2.75) is 20.0 Å². The van der Waals surface area contributed by atoms with Crippen LogP contribution in [0.4, 0.5) is 0 Å². The lowest BCUT2D eigenvalue weighted by Crippen LogP contribution is -2.05. The van der Waals surface area contributed by atoms with Crippen molar-refractivity contribution in [2.24, 2.45) is 0 Å². The SMILES string of the molecule is CC(C)Oc1cccc2c1[nH]c(=S)n2-c1ccccc1. The zero-order valence-corrected chi connectivity index (χ0v) is 12.3. The molecule has 0 bridgehead atoms. The quantitative estimate of drug-likeness (QED) is 0.719. The highest BCUT2D eigenvalue weighted by Crippen LogP contribution is 2.27. The van der Waals surface area contributed by atoms with Crippen molar-refractivity contribution in [1.82, 2.24) is 9.55 Å². The van der Waals surface area contributed by atoms with E-state index in [2.05, 4.69) is 4.98 Å².